The Labute approximate surface area is 362 Å². The second-order valence-electron chi connectivity index (χ2n) is 17.6. The summed E-state index contributed by atoms with van der Waals surface area (Å²) in [5, 5.41) is 54.3. The monoisotopic (exact) mass is 838 g/mol. The van der Waals surface area contributed by atoms with Gasteiger partial charge in [0, 0.05) is 6.42 Å². The van der Waals surface area contributed by atoms with E-state index < -0.39 is 49.5 Å². The van der Waals surface area contributed by atoms with Gasteiger partial charge >= 0.3 is 0 Å². The van der Waals surface area contributed by atoms with Crippen LogP contribution in [0, 0.1) is 0 Å². The summed E-state index contributed by atoms with van der Waals surface area (Å²) in [4.78, 5) is 13.0. The molecule has 1 aliphatic heterocycles. The lowest BCUT2D eigenvalue weighted by molar-refractivity contribution is -0.302. The lowest BCUT2D eigenvalue weighted by Gasteiger charge is -2.40. The van der Waals surface area contributed by atoms with E-state index in [9.17, 15) is 30.3 Å². The average Bonchev–Trinajstić information content (AvgIpc) is 3.23. The van der Waals surface area contributed by atoms with Crippen LogP contribution in [0.3, 0.4) is 0 Å². The number of nitrogens with one attached hydrogen (secondary N) is 1. The van der Waals surface area contributed by atoms with Crippen molar-refractivity contribution in [3.63, 3.8) is 0 Å². The average molecular weight is 838 g/mol. The molecule has 0 bridgehead atoms. The predicted molar refractivity (Wildman–Crippen MR) is 244 cm³/mol. The molecular formula is C50H95NO8. The molecule has 0 aromatic heterocycles. The summed E-state index contributed by atoms with van der Waals surface area (Å²) >= 11 is 0. The fourth-order valence-corrected chi connectivity index (χ4v) is 7.97. The first-order valence-corrected chi connectivity index (χ1v) is 25.1. The number of ether oxygens (including phenoxy) is 2. The molecule has 1 heterocycles. The number of aliphatic hydroxyl groups is 5. The minimum atomic E-state index is -1.56. The highest BCUT2D eigenvalue weighted by molar-refractivity contribution is 5.76. The van der Waals surface area contributed by atoms with Crippen molar-refractivity contribution < 1.29 is 39.8 Å². The summed E-state index contributed by atoms with van der Waals surface area (Å²) < 4.78 is 11.2. The lowest BCUT2D eigenvalue weighted by atomic mass is 9.99. The normalized spacial score (nSPS) is 20.8. The Kier molecular flexibility index (Phi) is 38.4. The number of hydrogen-bond donors (Lipinski definition) is 6. The molecule has 1 fully saturated rings. The van der Waals surface area contributed by atoms with Gasteiger partial charge in [0.15, 0.2) is 6.29 Å². The molecule has 7 unspecified atom stereocenters. The van der Waals surface area contributed by atoms with Crippen LogP contribution in [0.1, 0.15) is 232 Å². The number of carbonyl (C=O) groups excluding carboxylic acids is 1. The minimum absolute atomic E-state index is 0.180. The molecule has 0 aromatic rings. The molecule has 1 rings (SSSR count). The highest BCUT2D eigenvalue weighted by Gasteiger charge is 2.44. The highest BCUT2D eigenvalue weighted by atomic mass is 16.7. The Morgan fingerprint density at radius 3 is 1.37 bits per heavy atom. The number of allylic oxidation sites excluding steroid dienone is 3. The molecule has 59 heavy (non-hydrogen) atoms. The number of amides is 1. The smallest absolute Gasteiger partial charge is 0.220 e. The fraction of sp³-hybridized carbons (Fsp3) is 0.900. The zero-order chi connectivity index (χ0) is 43.0. The Morgan fingerprint density at radius 1 is 0.559 bits per heavy atom. The van der Waals surface area contributed by atoms with E-state index in [-0.39, 0.29) is 12.5 Å². The Bertz CT molecular complexity index is 977. The molecule has 9 nitrogen and oxygen atoms in total. The van der Waals surface area contributed by atoms with Crippen LogP contribution in [-0.4, -0.2) is 87.5 Å². The minimum Gasteiger partial charge on any atom is -0.394 e. The van der Waals surface area contributed by atoms with Gasteiger partial charge in [0.05, 0.1) is 25.4 Å². The van der Waals surface area contributed by atoms with Gasteiger partial charge in [-0.2, -0.15) is 0 Å². The standard InChI is InChI=1S/C50H95NO8/c1-3-5-7-9-11-13-15-17-19-21-22-24-26-28-30-32-34-36-38-40-46(54)51-43(42-58-50-49(57)48(56)47(55)45(41-52)59-50)44(53)39-37-35-33-31-29-27-25-23-20-18-16-14-12-10-8-6-4-2/h21-22,37,39,43-45,47-50,52-53,55-57H,3-20,23-36,38,40-42H2,1-2H3,(H,51,54)/b22-21-,39-37+. The first-order valence-electron chi connectivity index (χ1n) is 25.1. The summed E-state index contributed by atoms with van der Waals surface area (Å²) in [5.41, 5.74) is 0. The van der Waals surface area contributed by atoms with E-state index >= 15 is 0 Å². The molecule has 6 N–H and O–H groups in total. The van der Waals surface area contributed by atoms with Crippen molar-refractivity contribution in [1.82, 2.24) is 5.32 Å². The molecule has 0 saturated carbocycles. The molecule has 348 valence electrons. The van der Waals surface area contributed by atoms with Crippen molar-refractivity contribution in [2.45, 2.75) is 275 Å². The van der Waals surface area contributed by atoms with Gasteiger partial charge in [0.2, 0.25) is 5.91 Å². The van der Waals surface area contributed by atoms with Crippen LogP contribution in [-0.2, 0) is 14.3 Å². The van der Waals surface area contributed by atoms with Crippen LogP contribution in [0.5, 0.6) is 0 Å². The van der Waals surface area contributed by atoms with E-state index in [1.54, 1.807) is 6.08 Å². The van der Waals surface area contributed by atoms with Crippen molar-refractivity contribution in [3.05, 3.63) is 24.3 Å². The summed E-state index contributed by atoms with van der Waals surface area (Å²) in [6, 6.07) is -0.804. The summed E-state index contributed by atoms with van der Waals surface area (Å²) in [6.07, 6.45) is 42.2. The van der Waals surface area contributed by atoms with E-state index in [2.05, 4.69) is 31.3 Å². The number of unbranched alkanes of at least 4 members (excludes halogenated alkanes) is 30. The van der Waals surface area contributed by atoms with Gasteiger partial charge in [0.25, 0.3) is 0 Å². The Hall–Kier alpha value is -1.33. The summed E-state index contributed by atoms with van der Waals surface area (Å²) in [6.45, 7) is 3.79. The predicted octanol–water partition coefficient (Wildman–Crippen LogP) is 11.1. The maximum absolute atomic E-state index is 13.0. The topological polar surface area (TPSA) is 149 Å². The van der Waals surface area contributed by atoms with Gasteiger partial charge < -0.3 is 40.3 Å². The SMILES string of the molecule is CCCCCCCCCC/C=C\CCCCCCCCCC(=O)NC(COC1OC(CO)C(O)C(O)C1O)C(O)/C=C/CCCCCCCCCCCCCCCCC. The number of rotatable bonds is 42. The third-order valence-electron chi connectivity index (χ3n) is 12.0. The van der Waals surface area contributed by atoms with Crippen molar-refractivity contribution in [3.8, 4) is 0 Å². The summed E-state index contributed by atoms with van der Waals surface area (Å²) in [5.74, 6) is -0.180. The number of carbonyl (C=O) groups is 1. The molecule has 1 saturated heterocycles. The lowest BCUT2D eigenvalue weighted by Crippen LogP contribution is -2.60. The zero-order valence-corrected chi connectivity index (χ0v) is 38.3. The van der Waals surface area contributed by atoms with Gasteiger partial charge in [-0.3, -0.25) is 4.79 Å². The maximum atomic E-state index is 13.0. The molecule has 0 spiro atoms. The van der Waals surface area contributed by atoms with Crippen molar-refractivity contribution in [2.75, 3.05) is 13.2 Å². The first-order chi connectivity index (χ1) is 28.8. The van der Waals surface area contributed by atoms with Crippen LogP contribution >= 0.6 is 0 Å². The third-order valence-corrected chi connectivity index (χ3v) is 12.0. The Balaban J connectivity index is 2.31. The van der Waals surface area contributed by atoms with Crippen LogP contribution in [0.2, 0.25) is 0 Å². The van der Waals surface area contributed by atoms with E-state index in [0.29, 0.717) is 6.42 Å². The van der Waals surface area contributed by atoms with E-state index in [1.165, 1.54) is 173 Å². The van der Waals surface area contributed by atoms with Gasteiger partial charge in [-0.1, -0.05) is 205 Å². The quantitative estimate of drug-likeness (QED) is 0.0263. The van der Waals surface area contributed by atoms with Crippen LogP contribution in [0.15, 0.2) is 24.3 Å². The van der Waals surface area contributed by atoms with Crippen LogP contribution in [0.25, 0.3) is 0 Å². The number of hydrogen-bond acceptors (Lipinski definition) is 8. The molecule has 0 aromatic carbocycles. The zero-order valence-electron chi connectivity index (χ0n) is 38.3. The second kappa shape index (κ2) is 40.7. The molecule has 0 aliphatic carbocycles. The van der Waals surface area contributed by atoms with Crippen LogP contribution in [0.4, 0.5) is 0 Å². The van der Waals surface area contributed by atoms with E-state index in [1.807, 2.05) is 6.08 Å². The first kappa shape index (κ1) is 55.7. The third kappa shape index (κ3) is 31.2. The largest absolute Gasteiger partial charge is 0.394 e. The summed E-state index contributed by atoms with van der Waals surface area (Å²) in [7, 11) is 0. The molecule has 7 atom stereocenters. The van der Waals surface area contributed by atoms with Gasteiger partial charge in [0.1, 0.15) is 24.4 Å². The highest BCUT2D eigenvalue weighted by Crippen LogP contribution is 2.23. The molecule has 1 aliphatic rings. The van der Waals surface area contributed by atoms with E-state index in [0.717, 1.165) is 38.5 Å². The van der Waals surface area contributed by atoms with Crippen molar-refractivity contribution in [1.29, 1.82) is 0 Å². The van der Waals surface area contributed by atoms with Crippen molar-refractivity contribution in [2.24, 2.45) is 0 Å². The number of aliphatic hydroxyl groups excluding tert-OH is 5. The van der Waals surface area contributed by atoms with Gasteiger partial charge in [-0.15, -0.1) is 0 Å². The van der Waals surface area contributed by atoms with Crippen LogP contribution < -0.4 is 5.32 Å². The van der Waals surface area contributed by atoms with Crippen molar-refractivity contribution >= 4 is 5.91 Å². The molecule has 0 radical (unpaired) electrons. The fourth-order valence-electron chi connectivity index (χ4n) is 7.97. The second-order valence-corrected chi connectivity index (χ2v) is 17.6. The van der Waals surface area contributed by atoms with E-state index in [4.69, 9.17) is 9.47 Å². The van der Waals surface area contributed by atoms with Gasteiger partial charge in [-0.25, -0.2) is 0 Å². The van der Waals surface area contributed by atoms with Gasteiger partial charge in [-0.05, 0) is 44.9 Å². The molecule has 9 heteroatoms. The molecule has 1 amide bonds. The molecular weight excluding hydrogens is 743 g/mol. The maximum Gasteiger partial charge on any atom is 0.220 e. The Morgan fingerprint density at radius 2 is 0.949 bits per heavy atom.